The molecule has 2 heterocycles. The van der Waals surface area contributed by atoms with E-state index in [-0.39, 0.29) is 12.5 Å². The number of amides is 2. The van der Waals surface area contributed by atoms with Gasteiger partial charge in [0.2, 0.25) is 11.8 Å². The highest BCUT2D eigenvalue weighted by atomic mass is 16.5. The fourth-order valence-corrected chi connectivity index (χ4v) is 4.86. The van der Waals surface area contributed by atoms with Gasteiger partial charge in [-0.15, -0.1) is 0 Å². The number of carbonyl (C=O) groups excluding carboxylic acids is 3. The summed E-state index contributed by atoms with van der Waals surface area (Å²) in [5.74, 6) is -2.29. The summed E-state index contributed by atoms with van der Waals surface area (Å²) in [4.78, 5) is 43.5. The zero-order valence-electron chi connectivity index (χ0n) is 19.5. The molecule has 2 fully saturated rings. The second-order valence-electron chi connectivity index (χ2n) is 8.74. The number of nitrogens with one attached hydrogen (secondary N) is 1. The van der Waals surface area contributed by atoms with Gasteiger partial charge in [0.05, 0.1) is 31.2 Å². The minimum absolute atomic E-state index is 0.181. The maximum absolute atomic E-state index is 13.7. The number of methoxy groups -OCH3 is 1. The smallest absolute Gasteiger partial charge is 0.326 e. The van der Waals surface area contributed by atoms with Crippen LogP contribution >= 0.6 is 0 Å². The third-order valence-electron chi connectivity index (χ3n) is 6.59. The zero-order valence-corrected chi connectivity index (χ0v) is 19.5. The number of benzene rings is 2. The van der Waals surface area contributed by atoms with Gasteiger partial charge in [0.1, 0.15) is 11.3 Å². The van der Waals surface area contributed by atoms with Crippen LogP contribution in [0.25, 0.3) is 0 Å². The number of hydrogen-bond donors (Lipinski definition) is 1. The molecule has 2 aliphatic heterocycles. The van der Waals surface area contributed by atoms with Crippen molar-refractivity contribution in [1.82, 2.24) is 5.32 Å². The van der Waals surface area contributed by atoms with E-state index in [1.54, 1.807) is 45.2 Å². The van der Waals surface area contributed by atoms with Crippen molar-refractivity contribution < 1.29 is 23.9 Å². The predicted octanol–water partition coefficient (Wildman–Crippen LogP) is 2.53. The summed E-state index contributed by atoms with van der Waals surface area (Å²) in [6.07, 6.45) is 0. The Kier molecular flexibility index (Phi) is 5.88. The van der Waals surface area contributed by atoms with Crippen LogP contribution in [-0.2, 0) is 19.1 Å². The molecule has 0 aliphatic carbocycles. The van der Waals surface area contributed by atoms with Gasteiger partial charge >= 0.3 is 5.97 Å². The standard InChI is InChI=1S/C25H29N3O5/c1-6-33-24(31)25(2)20-19(21(26-25)15-7-9-16(10-8-15)27(3)4)22(29)28(23(20)30)17-11-13-18(32-5)14-12-17/h7-14,19-21,26H,6H2,1-5H3/t19-,20-,21-,25+/m0/s1. The lowest BCUT2D eigenvalue weighted by molar-refractivity contribution is -0.153. The van der Waals surface area contributed by atoms with Gasteiger partial charge in [-0.3, -0.25) is 19.7 Å². The number of imide groups is 1. The van der Waals surface area contributed by atoms with E-state index in [0.29, 0.717) is 11.4 Å². The summed E-state index contributed by atoms with van der Waals surface area (Å²) in [5.41, 5.74) is 0.962. The number of esters is 1. The highest BCUT2D eigenvalue weighted by molar-refractivity contribution is 6.24. The second-order valence-corrected chi connectivity index (χ2v) is 8.74. The number of carbonyl (C=O) groups is 3. The number of nitrogens with zero attached hydrogens (tertiary/aromatic N) is 2. The van der Waals surface area contributed by atoms with E-state index in [9.17, 15) is 14.4 Å². The molecular formula is C25H29N3O5. The normalized spacial score (nSPS) is 26.3. The van der Waals surface area contributed by atoms with Crippen molar-refractivity contribution in [3.63, 3.8) is 0 Å². The summed E-state index contributed by atoms with van der Waals surface area (Å²) < 4.78 is 10.5. The highest BCUT2D eigenvalue weighted by Crippen LogP contribution is 2.50. The summed E-state index contributed by atoms with van der Waals surface area (Å²) in [7, 11) is 5.44. The van der Waals surface area contributed by atoms with E-state index in [4.69, 9.17) is 9.47 Å². The summed E-state index contributed by atoms with van der Waals surface area (Å²) in [6, 6.07) is 14.0. The van der Waals surface area contributed by atoms with E-state index < -0.39 is 35.3 Å². The molecule has 33 heavy (non-hydrogen) atoms. The largest absolute Gasteiger partial charge is 0.497 e. The lowest BCUT2D eigenvalue weighted by atomic mass is 9.80. The zero-order chi connectivity index (χ0) is 23.9. The first-order valence-electron chi connectivity index (χ1n) is 11.0. The van der Waals surface area contributed by atoms with Crippen LogP contribution in [0.15, 0.2) is 48.5 Å². The summed E-state index contributed by atoms with van der Waals surface area (Å²) >= 11 is 0. The van der Waals surface area contributed by atoms with Crippen LogP contribution in [0, 0.1) is 11.8 Å². The fourth-order valence-electron chi connectivity index (χ4n) is 4.86. The van der Waals surface area contributed by atoms with E-state index >= 15 is 0 Å². The molecule has 2 saturated heterocycles. The molecule has 2 amide bonds. The van der Waals surface area contributed by atoms with Gasteiger partial charge in [0, 0.05) is 25.8 Å². The molecule has 4 rings (SSSR count). The molecule has 0 aromatic heterocycles. The number of hydrogen-bond acceptors (Lipinski definition) is 7. The quantitative estimate of drug-likeness (QED) is 0.533. The third kappa shape index (κ3) is 3.64. The topological polar surface area (TPSA) is 88.2 Å². The van der Waals surface area contributed by atoms with Gasteiger partial charge in [0.15, 0.2) is 0 Å². The Labute approximate surface area is 193 Å². The van der Waals surface area contributed by atoms with Gasteiger partial charge in [-0.1, -0.05) is 12.1 Å². The minimum Gasteiger partial charge on any atom is -0.497 e. The average molecular weight is 452 g/mol. The van der Waals surface area contributed by atoms with Crippen LogP contribution in [0.2, 0.25) is 0 Å². The molecule has 8 heteroatoms. The van der Waals surface area contributed by atoms with Crippen LogP contribution in [0.1, 0.15) is 25.5 Å². The van der Waals surface area contributed by atoms with Crippen LogP contribution in [-0.4, -0.2) is 51.1 Å². The first-order valence-corrected chi connectivity index (χ1v) is 11.0. The summed E-state index contributed by atoms with van der Waals surface area (Å²) in [6.45, 7) is 3.55. The van der Waals surface area contributed by atoms with Crippen molar-refractivity contribution in [2.45, 2.75) is 25.4 Å². The van der Waals surface area contributed by atoms with E-state index in [0.717, 1.165) is 11.3 Å². The molecule has 0 radical (unpaired) electrons. The van der Waals surface area contributed by atoms with E-state index in [1.807, 2.05) is 43.3 Å². The maximum atomic E-state index is 13.7. The van der Waals surface area contributed by atoms with Crippen molar-refractivity contribution in [2.24, 2.45) is 11.8 Å². The van der Waals surface area contributed by atoms with Crippen molar-refractivity contribution in [3.05, 3.63) is 54.1 Å². The molecular weight excluding hydrogens is 422 g/mol. The molecule has 1 N–H and O–H groups in total. The Morgan fingerprint density at radius 1 is 1.06 bits per heavy atom. The molecule has 0 bridgehead atoms. The van der Waals surface area contributed by atoms with Gasteiger partial charge < -0.3 is 14.4 Å². The maximum Gasteiger partial charge on any atom is 0.326 e. The van der Waals surface area contributed by atoms with Gasteiger partial charge in [-0.05, 0) is 55.8 Å². The van der Waals surface area contributed by atoms with Crippen molar-refractivity contribution in [3.8, 4) is 5.75 Å². The van der Waals surface area contributed by atoms with Crippen LogP contribution in [0.5, 0.6) is 5.75 Å². The average Bonchev–Trinajstić information content (AvgIpc) is 3.27. The lowest BCUT2D eigenvalue weighted by Gasteiger charge is -2.29. The molecule has 0 saturated carbocycles. The van der Waals surface area contributed by atoms with Crippen molar-refractivity contribution >= 4 is 29.2 Å². The fraction of sp³-hybridized carbons (Fsp3) is 0.400. The molecule has 8 nitrogen and oxygen atoms in total. The number of ether oxygens (including phenoxy) is 2. The number of anilines is 2. The van der Waals surface area contributed by atoms with Gasteiger partial charge in [0.25, 0.3) is 0 Å². The van der Waals surface area contributed by atoms with Gasteiger partial charge in [-0.2, -0.15) is 0 Å². The Morgan fingerprint density at radius 3 is 2.24 bits per heavy atom. The number of rotatable bonds is 6. The van der Waals surface area contributed by atoms with Crippen LogP contribution in [0.4, 0.5) is 11.4 Å². The summed E-state index contributed by atoms with van der Waals surface area (Å²) in [5, 5.41) is 3.29. The molecule has 0 spiro atoms. The Balaban J connectivity index is 1.77. The molecule has 174 valence electrons. The first kappa shape index (κ1) is 22.8. The molecule has 2 aliphatic rings. The SMILES string of the molecule is CCOC(=O)[C@]1(C)N[C@@H](c2ccc(N(C)C)cc2)[C@H]2C(=O)N(c3ccc(OC)cc3)C(=O)[C@H]21. The van der Waals surface area contributed by atoms with Crippen LogP contribution < -0.4 is 19.9 Å². The Bertz CT molecular complexity index is 1070. The molecule has 2 aromatic rings. The first-order chi connectivity index (χ1) is 15.7. The monoisotopic (exact) mass is 451 g/mol. The lowest BCUT2D eigenvalue weighted by Crippen LogP contribution is -2.54. The second kappa shape index (κ2) is 8.51. The minimum atomic E-state index is -1.33. The molecule has 0 unspecified atom stereocenters. The predicted molar refractivity (Wildman–Crippen MR) is 124 cm³/mol. The molecule has 4 atom stereocenters. The molecule has 2 aromatic carbocycles. The van der Waals surface area contributed by atoms with Gasteiger partial charge in [-0.25, -0.2) is 4.90 Å². The Morgan fingerprint density at radius 2 is 1.70 bits per heavy atom. The third-order valence-corrected chi connectivity index (χ3v) is 6.59. The van der Waals surface area contributed by atoms with Crippen molar-refractivity contribution in [1.29, 1.82) is 0 Å². The van der Waals surface area contributed by atoms with E-state index in [1.165, 1.54) is 4.90 Å². The number of fused-ring (bicyclic) bond motifs is 1. The Hall–Kier alpha value is -3.39. The van der Waals surface area contributed by atoms with E-state index in [2.05, 4.69) is 5.32 Å². The van der Waals surface area contributed by atoms with Crippen molar-refractivity contribution in [2.75, 3.05) is 37.6 Å². The van der Waals surface area contributed by atoms with Crippen LogP contribution in [0.3, 0.4) is 0 Å². The highest BCUT2D eigenvalue weighted by Gasteiger charge is 2.67.